The van der Waals surface area contributed by atoms with E-state index >= 15 is 0 Å². The normalized spacial score (nSPS) is 18.2. The van der Waals surface area contributed by atoms with E-state index in [4.69, 9.17) is 21.8 Å². The van der Waals surface area contributed by atoms with Gasteiger partial charge in [0.05, 0.1) is 35.4 Å². The Balaban J connectivity index is 0.000000178. The van der Waals surface area contributed by atoms with Crippen LogP contribution in [0, 0.1) is 152 Å². The highest BCUT2D eigenvalue weighted by Crippen LogP contribution is 2.67. The van der Waals surface area contributed by atoms with Crippen molar-refractivity contribution in [3.63, 3.8) is 0 Å². The summed E-state index contributed by atoms with van der Waals surface area (Å²) in [5.74, 6) is 1.94. The minimum Gasteiger partial charge on any atom is -0.344 e. The maximum Gasteiger partial charge on any atom is 0.269 e. The molecule has 5 aromatic carbocycles. The Labute approximate surface area is 564 Å². The Morgan fingerprint density at radius 3 is 1.56 bits per heavy atom. The van der Waals surface area contributed by atoms with E-state index in [2.05, 4.69) is 242 Å². The van der Waals surface area contributed by atoms with Crippen molar-refractivity contribution in [3.05, 3.63) is 209 Å². The molecule has 2 unspecified atom stereocenters. The molecule has 10 rings (SSSR count). The fourth-order valence-electron chi connectivity index (χ4n) is 17.3. The summed E-state index contributed by atoms with van der Waals surface area (Å²) in [6, 6.07) is 8.72. The average molecular weight is 1250 g/mol. The molecule has 6 heteroatoms. The Morgan fingerprint density at radius 2 is 1.12 bits per heavy atom. The molecule has 93 heavy (non-hydrogen) atoms. The minimum atomic E-state index is -0.138. The van der Waals surface area contributed by atoms with Crippen molar-refractivity contribution in [2.75, 3.05) is 0 Å². The van der Waals surface area contributed by atoms with Crippen LogP contribution in [0.2, 0.25) is 0 Å². The lowest BCUT2D eigenvalue weighted by molar-refractivity contribution is -0.126. The van der Waals surface area contributed by atoms with Crippen molar-refractivity contribution < 1.29 is 4.79 Å². The maximum absolute atomic E-state index is 13.5. The molecule has 3 heterocycles. The molecular formula is C87H115N5O. The summed E-state index contributed by atoms with van der Waals surface area (Å²) >= 11 is 0. The number of allylic oxidation sites excluding steroid dienone is 7. The van der Waals surface area contributed by atoms with Gasteiger partial charge in [-0.2, -0.15) is 0 Å². The summed E-state index contributed by atoms with van der Waals surface area (Å²) in [6.45, 7) is 78.5. The van der Waals surface area contributed by atoms with E-state index in [-0.39, 0.29) is 27.5 Å². The van der Waals surface area contributed by atoms with Gasteiger partial charge in [0.1, 0.15) is 0 Å². The number of fused-ring (bicyclic) bond motifs is 4. The van der Waals surface area contributed by atoms with Gasteiger partial charge in [-0.05, 0) is 364 Å². The van der Waals surface area contributed by atoms with Gasteiger partial charge in [0.25, 0.3) is 5.70 Å². The molecule has 0 amide bonds. The van der Waals surface area contributed by atoms with Gasteiger partial charge in [-0.25, -0.2) is 10.1 Å². The number of rotatable bonds is 6. The standard InChI is InChI=1S/C26H38O.C25H33N.C22H27N.C14H17N3/c1-11-26-13-12-21(25(26,9)10)20(23(26)27)14-19-15(2)17(4)22(24(6,7)8)18(5)16(19)3;1-12(2)23-16(6)18(8)24(19(9)17(23)7)22-11-21-15(5)13(3)14(4)20(10)25(21)26-22;1-12(2)18-8-9-19-11-21(23-20(19)10-18)22-16(6)14(4)13(3)15(5)17(22)7;1-10-7-12(13(9-15)16-6)8-11(2)17(10)14(3,4)5/h14,21H,11-13H2,1-10H3;12H,11H2,1-10H3;8-10,12H,11H2,1-7H3;7-8H,1-5H3/b20-14-;;;. The summed E-state index contributed by atoms with van der Waals surface area (Å²) in [4.78, 5) is 29.1. The molecule has 0 N–H and O–H groups in total. The van der Waals surface area contributed by atoms with Crippen LogP contribution in [0.3, 0.4) is 0 Å². The average Bonchev–Trinajstić information content (AvgIpc) is 1.54. The van der Waals surface area contributed by atoms with Crippen molar-refractivity contribution in [2.45, 2.75) is 276 Å². The molecule has 2 aliphatic carbocycles. The number of hydrogen-bond acceptors (Lipinski definition) is 5. The van der Waals surface area contributed by atoms with Crippen LogP contribution in [0.15, 0.2) is 68.6 Å². The molecule has 6 nitrogen and oxygen atoms in total. The first-order chi connectivity index (χ1) is 43.0. The van der Waals surface area contributed by atoms with Crippen molar-refractivity contribution in [1.82, 2.24) is 4.90 Å². The molecule has 5 aliphatic rings. The second kappa shape index (κ2) is 26.9. The summed E-state index contributed by atoms with van der Waals surface area (Å²) in [7, 11) is 0. The second-order valence-corrected chi connectivity index (χ2v) is 31.6. The number of nitriles is 1. The number of ketones is 1. The molecule has 0 spiro atoms. The SMILES string of the molecule is CCC12CCC(/C(=C/c3c(C)c(C)c(C(C)(C)C)c(C)c3C)C1=O)C2(C)C.Cc1c(C)c(C)c(C2=Nc3cc(C(C)C)ccc3C2)c(C)c1C.Cc1c(C)c(C)c2c(c1C)CC(c1c(C)c(C)c(C(C)C)c(C)c1C)=N2.[C-]#[N+]C(C#N)=C1C=C(C)N(C(C)(C)C)C(C)=C1. The van der Waals surface area contributed by atoms with Gasteiger partial charge in [-0.3, -0.25) is 14.8 Å². The van der Waals surface area contributed by atoms with Crippen LogP contribution in [-0.4, -0.2) is 27.6 Å². The lowest BCUT2D eigenvalue weighted by Crippen LogP contribution is -2.39. The Bertz CT molecular complexity index is 4070. The number of nitrogens with zero attached hydrogens (tertiary/aromatic N) is 5. The van der Waals surface area contributed by atoms with Gasteiger partial charge < -0.3 is 4.90 Å². The van der Waals surface area contributed by atoms with E-state index in [0.717, 1.165) is 49.1 Å². The van der Waals surface area contributed by atoms with Crippen LogP contribution < -0.4 is 0 Å². The molecule has 2 fully saturated rings. The summed E-state index contributed by atoms with van der Waals surface area (Å²) in [5.41, 5.74) is 44.0. The molecule has 2 saturated carbocycles. The molecule has 2 bridgehead atoms. The van der Waals surface area contributed by atoms with Crippen LogP contribution in [0.1, 0.15) is 274 Å². The van der Waals surface area contributed by atoms with E-state index in [9.17, 15) is 4.79 Å². The minimum absolute atomic E-state index is 0.00237. The van der Waals surface area contributed by atoms with Crippen molar-refractivity contribution >= 4 is 34.7 Å². The van der Waals surface area contributed by atoms with Gasteiger partial charge in [-0.1, -0.05) is 81.4 Å². The highest BCUT2D eigenvalue weighted by Gasteiger charge is 2.65. The first-order valence-corrected chi connectivity index (χ1v) is 34.6. The Kier molecular flexibility index (Phi) is 21.2. The summed E-state index contributed by atoms with van der Waals surface area (Å²) in [5, 5.41) is 8.88. The van der Waals surface area contributed by atoms with Crippen LogP contribution in [0.4, 0.5) is 11.4 Å². The highest BCUT2D eigenvalue weighted by molar-refractivity contribution is 6.11. The van der Waals surface area contributed by atoms with Gasteiger partial charge in [0, 0.05) is 46.3 Å². The lowest BCUT2D eigenvalue weighted by Gasteiger charge is -2.41. The predicted molar refractivity (Wildman–Crippen MR) is 400 cm³/mol. The predicted octanol–water partition coefficient (Wildman–Crippen LogP) is 23.6. The third kappa shape index (κ3) is 13.0. The first-order valence-electron chi connectivity index (χ1n) is 34.6. The van der Waals surface area contributed by atoms with E-state index in [1.165, 1.54) is 162 Å². The number of Topliss-reactive ketones (excluding diaryl/α,β-unsaturated/α-hetero) is 1. The Morgan fingerprint density at radius 1 is 0.645 bits per heavy atom. The molecule has 0 saturated heterocycles. The van der Waals surface area contributed by atoms with E-state index in [0.29, 0.717) is 29.1 Å². The molecule has 5 aromatic rings. The third-order valence-electron chi connectivity index (χ3n) is 23.6. The largest absolute Gasteiger partial charge is 0.344 e. The second-order valence-electron chi connectivity index (χ2n) is 31.6. The number of hydrogen-bond donors (Lipinski definition) is 0. The van der Waals surface area contributed by atoms with Gasteiger partial charge in [0.15, 0.2) is 5.78 Å². The van der Waals surface area contributed by atoms with E-state index < -0.39 is 0 Å². The van der Waals surface area contributed by atoms with Crippen LogP contribution in [0.5, 0.6) is 0 Å². The van der Waals surface area contributed by atoms with Crippen LogP contribution in [0.25, 0.3) is 10.9 Å². The smallest absolute Gasteiger partial charge is 0.269 e. The third-order valence-corrected chi connectivity index (χ3v) is 23.6. The molecule has 2 atom stereocenters. The van der Waals surface area contributed by atoms with Crippen LogP contribution in [-0.2, 0) is 23.1 Å². The van der Waals surface area contributed by atoms with Crippen molar-refractivity contribution in [2.24, 2.45) is 26.7 Å². The van der Waals surface area contributed by atoms with Crippen molar-refractivity contribution in [3.8, 4) is 6.07 Å². The van der Waals surface area contributed by atoms with Gasteiger partial charge >= 0.3 is 0 Å². The maximum atomic E-state index is 13.5. The van der Waals surface area contributed by atoms with E-state index in [1.807, 2.05) is 32.1 Å². The van der Waals surface area contributed by atoms with Gasteiger partial charge in [-0.15, -0.1) is 0 Å². The Hall–Kier alpha value is -7.15. The number of benzene rings is 5. The quantitative estimate of drug-likeness (QED) is 0.0966. The number of carbonyl (C=O) groups excluding carboxylic acids is 1. The molecule has 0 radical (unpaired) electrons. The van der Waals surface area contributed by atoms with Crippen molar-refractivity contribution in [1.29, 1.82) is 5.26 Å². The fourth-order valence-corrected chi connectivity index (χ4v) is 17.3. The molecular weight excluding hydrogens is 1130 g/mol. The molecule has 0 aromatic heterocycles. The van der Waals surface area contributed by atoms with Gasteiger partial charge in [0.2, 0.25) is 0 Å². The topological polar surface area (TPSA) is 73.2 Å². The van der Waals surface area contributed by atoms with E-state index in [1.54, 1.807) is 0 Å². The first kappa shape index (κ1) is 73.3. The lowest BCUT2D eigenvalue weighted by atomic mass is 9.67. The summed E-state index contributed by atoms with van der Waals surface area (Å²) in [6.07, 6.45) is 11.2. The van der Waals surface area contributed by atoms with Crippen LogP contribution >= 0.6 is 0 Å². The number of carbonyl (C=O) groups is 1. The molecule has 3 aliphatic heterocycles. The fraction of sp³-hybridized carbons (Fsp3) is 0.506. The zero-order valence-electron chi connectivity index (χ0n) is 63.9. The summed E-state index contributed by atoms with van der Waals surface area (Å²) < 4.78 is 0. The zero-order valence-corrected chi connectivity index (χ0v) is 63.9. The number of aliphatic imine (C=N–C) groups is 2. The zero-order chi connectivity index (χ0) is 70.1. The molecule has 494 valence electrons. The monoisotopic (exact) mass is 1250 g/mol. The highest BCUT2D eigenvalue weighted by atomic mass is 16.1.